The normalized spacial score (nSPS) is 29.8. The van der Waals surface area contributed by atoms with Crippen molar-refractivity contribution in [1.82, 2.24) is 5.32 Å². The summed E-state index contributed by atoms with van der Waals surface area (Å²) in [5.41, 5.74) is 0. The molecule has 1 saturated carbocycles. The number of carboxylic acid groups (broad SMARTS) is 1. The minimum atomic E-state index is -0.732. The molecule has 72 valence electrons. The van der Waals surface area contributed by atoms with E-state index in [1.165, 1.54) is 0 Å². The molecule has 1 amide bonds. The van der Waals surface area contributed by atoms with E-state index in [9.17, 15) is 9.59 Å². The summed E-state index contributed by atoms with van der Waals surface area (Å²) in [6.07, 6.45) is 2.43. The van der Waals surface area contributed by atoms with Crippen LogP contribution in [-0.2, 0) is 9.59 Å². The zero-order chi connectivity index (χ0) is 9.42. The monoisotopic (exact) mass is 183 g/mol. The molecular weight excluding hydrogens is 170 g/mol. The van der Waals surface area contributed by atoms with Crippen LogP contribution in [0, 0.1) is 17.8 Å². The van der Waals surface area contributed by atoms with E-state index in [2.05, 4.69) is 5.32 Å². The Bertz CT molecular complexity index is 247. The third kappa shape index (κ3) is 1.66. The van der Waals surface area contributed by atoms with Crippen molar-refractivity contribution in [2.75, 3.05) is 6.54 Å². The van der Waals surface area contributed by atoms with Crippen LogP contribution < -0.4 is 5.32 Å². The largest absolute Gasteiger partial charge is 0.481 e. The van der Waals surface area contributed by atoms with Crippen LogP contribution in [0.2, 0.25) is 0 Å². The molecule has 1 aliphatic carbocycles. The van der Waals surface area contributed by atoms with Gasteiger partial charge in [-0.3, -0.25) is 9.59 Å². The van der Waals surface area contributed by atoms with E-state index in [-0.39, 0.29) is 17.7 Å². The van der Waals surface area contributed by atoms with Gasteiger partial charge >= 0.3 is 5.97 Å². The first kappa shape index (κ1) is 8.53. The molecule has 1 saturated heterocycles. The van der Waals surface area contributed by atoms with Crippen LogP contribution in [0.3, 0.4) is 0 Å². The lowest BCUT2D eigenvalue weighted by Gasteiger charge is -2.16. The van der Waals surface area contributed by atoms with Crippen LogP contribution in [-0.4, -0.2) is 23.5 Å². The first-order valence-electron chi connectivity index (χ1n) is 4.68. The third-order valence-corrected chi connectivity index (χ3v) is 2.93. The van der Waals surface area contributed by atoms with Crippen molar-refractivity contribution in [2.45, 2.75) is 19.3 Å². The summed E-state index contributed by atoms with van der Waals surface area (Å²) in [6, 6.07) is 0. The molecule has 0 bridgehead atoms. The maximum atomic E-state index is 10.9. The van der Waals surface area contributed by atoms with Gasteiger partial charge in [0.05, 0.1) is 5.92 Å². The zero-order valence-electron chi connectivity index (χ0n) is 7.32. The fourth-order valence-corrected chi connectivity index (χ4v) is 2.12. The first-order valence-corrected chi connectivity index (χ1v) is 4.68. The highest BCUT2D eigenvalue weighted by molar-refractivity contribution is 5.80. The molecule has 4 nitrogen and oxygen atoms in total. The molecule has 1 aliphatic heterocycles. The molecule has 0 spiro atoms. The molecule has 4 heteroatoms. The van der Waals surface area contributed by atoms with Gasteiger partial charge in [-0.1, -0.05) is 0 Å². The summed E-state index contributed by atoms with van der Waals surface area (Å²) in [4.78, 5) is 21.9. The molecule has 2 fully saturated rings. The van der Waals surface area contributed by atoms with E-state index in [0.717, 1.165) is 12.8 Å². The summed E-state index contributed by atoms with van der Waals surface area (Å²) in [5.74, 6) is -0.674. The highest BCUT2D eigenvalue weighted by Gasteiger charge is 2.43. The number of hydrogen-bond acceptors (Lipinski definition) is 2. The van der Waals surface area contributed by atoms with Gasteiger partial charge in [-0.25, -0.2) is 0 Å². The Morgan fingerprint density at radius 1 is 1.46 bits per heavy atom. The van der Waals surface area contributed by atoms with Gasteiger partial charge < -0.3 is 10.4 Å². The Kier molecular flexibility index (Phi) is 1.98. The van der Waals surface area contributed by atoms with Crippen LogP contribution in [0.15, 0.2) is 0 Å². The lowest BCUT2D eigenvalue weighted by atomic mass is 9.87. The van der Waals surface area contributed by atoms with Crippen molar-refractivity contribution in [3.8, 4) is 0 Å². The van der Waals surface area contributed by atoms with E-state index in [1.54, 1.807) is 0 Å². The molecule has 0 aromatic rings. The molecule has 1 heterocycles. The quantitative estimate of drug-likeness (QED) is 0.658. The van der Waals surface area contributed by atoms with Gasteiger partial charge in [0.1, 0.15) is 0 Å². The predicted molar refractivity (Wildman–Crippen MR) is 45.0 cm³/mol. The summed E-state index contributed by atoms with van der Waals surface area (Å²) in [7, 11) is 0. The van der Waals surface area contributed by atoms with E-state index >= 15 is 0 Å². The molecule has 2 N–H and O–H groups in total. The third-order valence-electron chi connectivity index (χ3n) is 2.93. The predicted octanol–water partition coefficient (Wildman–Crippen LogP) is 0.233. The number of carbonyl (C=O) groups is 2. The van der Waals surface area contributed by atoms with Gasteiger partial charge in [-0.05, 0) is 24.7 Å². The smallest absolute Gasteiger partial charge is 0.307 e. The van der Waals surface area contributed by atoms with Gasteiger partial charge in [0.2, 0.25) is 5.91 Å². The number of hydrogen-bond donors (Lipinski definition) is 2. The van der Waals surface area contributed by atoms with Gasteiger partial charge in [0.25, 0.3) is 0 Å². The maximum absolute atomic E-state index is 10.9. The number of rotatable bonds is 3. The molecule has 0 radical (unpaired) electrons. The average Bonchev–Trinajstić information content (AvgIpc) is 2.76. The van der Waals surface area contributed by atoms with E-state index in [4.69, 9.17) is 5.11 Å². The van der Waals surface area contributed by atoms with Gasteiger partial charge in [-0.15, -0.1) is 0 Å². The van der Waals surface area contributed by atoms with Gasteiger partial charge in [-0.2, -0.15) is 0 Å². The standard InChI is InChI=1S/C9H13NO3/c11-7-3-6(4-10-7)8(9(12)13)5-1-2-5/h5-6,8H,1-4H2,(H,10,11)(H,12,13). The number of carboxylic acids is 1. The van der Waals surface area contributed by atoms with E-state index in [0.29, 0.717) is 18.9 Å². The van der Waals surface area contributed by atoms with Crippen LogP contribution in [0.25, 0.3) is 0 Å². The number of carbonyl (C=O) groups excluding carboxylic acids is 1. The second kappa shape index (κ2) is 3.01. The second-order valence-electron chi connectivity index (χ2n) is 3.97. The summed E-state index contributed by atoms with van der Waals surface area (Å²) < 4.78 is 0. The topological polar surface area (TPSA) is 66.4 Å². The van der Waals surface area contributed by atoms with E-state index < -0.39 is 5.97 Å². The number of aliphatic carboxylic acids is 1. The molecule has 0 aromatic heterocycles. The molecule has 2 unspecified atom stereocenters. The lowest BCUT2D eigenvalue weighted by molar-refractivity contribution is -0.144. The van der Waals surface area contributed by atoms with Crippen molar-refractivity contribution in [1.29, 1.82) is 0 Å². The zero-order valence-corrected chi connectivity index (χ0v) is 7.32. The summed E-state index contributed by atoms with van der Waals surface area (Å²) in [5, 5.41) is 11.7. The van der Waals surface area contributed by atoms with Crippen molar-refractivity contribution in [3.05, 3.63) is 0 Å². The SMILES string of the molecule is O=C1CC(C(C(=O)O)C2CC2)CN1. The summed E-state index contributed by atoms with van der Waals surface area (Å²) in [6.45, 7) is 0.548. The molecule has 0 aromatic carbocycles. The van der Waals surface area contributed by atoms with Gasteiger partial charge in [0.15, 0.2) is 0 Å². The number of amides is 1. The molecule has 2 aliphatic rings. The van der Waals surface area contributed by atoms with Crippen LogP contribution in [0.5, 0.6) is 0 Å². The minimum Gasteiger partial charge on any atom is -0.481 e. The molecule has 13 heavy (non-hydrogen) atoms. The number of nitrogens with one attached hydrogen (secondary N) is 1. The molecule has 2 atom stereocenters. The molecular formula is C9H13NO3. The van der Waals surface area contributed by atoms with Crippen molar-refractivity contribution >= 4 is 11.9 Å². The Morgan fingerprint density at radius 2 is 2.15 bits per heavy atom. The van der Waals surface area contributed by atoms with Crippen LogP contribution in [0.4, 0.5) is 0 Å². The summed E-state index contributed by atoms with van der Waals surface area (Å²) >= 11 is 0. The fraction of sp³-hybridized carbons (Fsp3) is 0.778. The Balaban J connectivity index is 2.02. The lowest BCUT2D eigenvalue weighted by Crippen LogP contribution is -2.27. The van der Waals surface area contributed by atoms with Crippen LogP contribution in [0.1, 0.15) is 19.3 Å². The highest BCUT2D eigenvalue weighted by Crippen LogP contribution is 2.42. The molecule has 2 rings (SSSR count). The Morgan fingerprint density at radius 3 is 2.54 bits per heavy atom. The Labute approximate surface area is 76.3 Å². The highest BCUT2D eigenvalue weighted by atomic mass is 16.4. The Hall–Kier alpha value is -1.06. The minimum absolute atomic E-state index is 0.00287. The van der Waals surface area contributed by atoms with E-state index in [1.807, 2.05) is 0 Å². The van der Waals surface area contributed by atoms with Crippen molar-refractivity contribution < 1.29 is 14.7 Å². The average molecular weight is 183 g/mol. The second-order valence-corrected chi connectivity index (χ2v) is 3.97. The maximum Gasteiger partial charge on any atom is 0.307 e. The first-order chi connectivity index (χ1) is 6.18. The van der Waals surface area contributed by atoms with Crippen LogP contribution >= 0.6 is 0 Å². The fourth-order valence-electron chi connectivity index (χ4n) is 2.12. The van der Waals surface area contributed by atoms with Gasteiger partial charge in [0, 0.05) is 13.0 Å². The van der Waals surface area contributed by atoms with Crippen molar-refractivity contribution in [2.24, 2.45) is 17.8 Å². The van der Waals surface area contributed by atoms with Crippen molar-refractivity contribution in [3.63, 3.8) is 0 Å².